The van der Waals surface area contributed by atoms with E-state index >= 15 is 0 Å². The van der Waals surface area contributed by atoms with Gasteiger partial charge in [-0.1, -0.05) is 87.9 Å². The minimum atomic E-state index is -0.0350. The third kappa shape index (κ3) is 12.8. The second-order valence-corrected chi connectivity index (χ2v) is 8.49. The van der Waals surface area contributed by atoms with Gasteiger partial charge in [0.05, 0.1) is 5.71 Å². The molecule has 0 amide bonds. The van der Waals surface area contributed by atoms with Gasteiger partial charge < -0.3 is 9.88 Å². The number of benzene rings is 1. The number of nitrogens with zero attached hydrogens (tertiary/aromatic N) is 3. The van der Waals surface area contributed by atoms with Gasteiger partial charge in [0.1, 0.15) is 0 Å². The van der Waals surface area contributed by atoms with Crippen LogP contribution in [-0.4, -0.2) is 43.6 Å². The summed E-state index contributed by atoms with van der Waals surface area (Å²) in [6.45, 7) is 22.2. The van der Waals surface area contributed by atoms with Gasteiger partial charge in [-0.25, -0.2) is 0 Å². The molecule has 2 rings (SSSR count). The van der Waals surface area contributed by atoms with E-state index in [0.717, 1.165) is 33.4 Å². The SMILES string of the molecule is C=C/C=C(\C=C/C)C(/C=C(\C(C)=O)c1[n-]c2ccc(C)cc2c1C)=NC.CC.CCCN(C)CCC.[K+]. The largest absolute Gasteiger partial charge is 1.00 e. The third-order valence-electron chi connectivity index (χ3n) is 5.45. The van der Waals surface area contributed by atoms with Crippen molar-refractivity contribution in [2.24, 2.45) is 4.99 Å². The molecule has 0 atom stereocenters. The van der Waals surface area contributed by atoms with Crippen LogP contribution in [0.5, 0.6) is 0 Å². The molecular formula is C32H48KN3O. The molecule has 0 aliphatic rings. The Bertz CT molecular complexity index is 1080. The van der Waals surface area contributed by atoms with E-state index in [0.29, 0.717) is 5.57 Å². The van der Waals surface area contributed by atoms with Crippen LogP contribution in [0.2, 0.25) is 0 Å². The van der Waals surface area contributed by atoms with Crippen molar-refractivity contribution in [3.63, 3.8) is 0 Å². The fraction of sp³-hybridized carbons (Fsp3) is 0.438. The molecule has 0 fully saturated rings. The van der Waals surface area contributed by atoms with Gasteiger partial charge in [-0.15, -0.1) is 11.2 Å². The van der Waals surface area contributed by atoms with Gasteiger partial charge in [-0.3, -0.25) is 9.79 Å². The fourth-order valence-corrected chi connectivity index (χ4v) is 3.80. The van der Waals surface area contributed by atoms with E-state index in [2.05, 4.69) is 50.4 Å². The number of aryl methyl sites for hydroxylation is 2. The van der Waals surface area contributed by atoms with Gasteiger partial charge in [-0.05, 0) is 77.7 Å². The Kier molecular flexibility index (Phi) is 22.0. The molecule has 5 heteroatoms. The third-order valence-corrected chi connectivity index (χ3v) is 5.45. The maximum Gasteiger partial charge on any atom is 1.00 e. The number of carbonyl (C=O) groups is 1. The molecule has 1 heterocycles. The minimum absolute atomic E-state index is 0. The van der Waals surface area contributed by atoms with Crippen LogP contribution < -0.4 is 56.4 Å². The van der Waals surface area contributed by atoms with Crippen molar-refractivity contribution in [3.05, 3.63) is 77.6 Å². The number of hydrogen-bond acceptors (Lipinski definition) is 3. The van der Waals surface area contributed by atoms with E-state index in [-0.39, 0.29) is 57.2 Å². The number of aromatic nitrogens is 1. The Balaban J connectivity index is 0. The van der Waals surface area contributed by atoms with Crippen LogP contribution in [0, 0.1) is 13.8 Å². The van der Waals surface area contributed by atoms with Gasteiger partial charge in [0, 0.05) is 12.6 Å². The molecule has 0 saturated carbocycles. The van der Waals surface area contributed by atoms with Crippen LogP contribution in [0.25, 0.3) is 16.5 Å². The summed E-state index contributed by atoms with van der Waals surface area (Å²) in [5, 5.41) is 1.08. The van der Waals surface area contributed by atoms with Crippen LogP contribution in [0.1, 0.15) is 71.2 Å². The summed E-state index contributed by atoms with van der Waals surface area (Å²) in [4.78, 5) is 23.8. The maximum atomic E-state index is 12.4. The van der Waals surface area contributed by atoms with Gasteiger partial charge in [0.25, 0.3) is 0 Å². The number of hydrogen-bond donors (Lipinski definition) is 0. The minimum Gasteiger partial charge on any atom is -0.657 e. The summed E-state index contributed by atoms with van der Waals surface area (Å²) < 4.78 is 0. The molecule has 0 unspecified atom stereocenters. The number of Topliss-reactive ketones (excluding diaryl/α,β-unsaturated/α-hetero) is 1. The normalized spacial score (nSPS) is 12.0. The maximum absolute atomic E-state index is 12.4. The van der Waals surface area contributed by atoms with Crippen molar-refractivity contribution in [2.45, 2.75) is 68.2 Å². The van der Waals surface area contributed by atoms with E-state index in [4.69, 9.17) is 4.98 Å². The number of ketones is 1. The molecule has 0 aliphatic carbocycles. The molecule has 2 aromatic rings. The van der Waals surface area contributed by atoms with Gasteiger partial charge in [0.2, 0.25) is 0 Å². The van der Waals surface area contributed by atoms with Crippen LogP contribution in [0.15, 0.2) is 65.7 Å². The molecule has 0 aliphatic heterocycles. The average Bonchev–Trinajstić information content (AvgIpc) is 3.17. The van der Waals surface area contributed by atoms with Crippen LogP contribution in [-0.2, 0) is 4.79 Å². The molecule has 1 aromatic carbocycles. The monoisotopic (exact) mass is 529 g/mol. The Morgan fingerprint density at radius 1 is 1.14 bits per heavy atom. The molecule has 0 radical (unpaired) electrons. The van der Waals surface area contributed by atoms with Crippen molar-refractivity contribution in [1.29, 1.82) is 0 Å². The predicted octanol–water partition coefficient (Wildman–Crippen LogP) is 4.91. The van der Waals surface area contributed by atoms with Crippen molar-refractivity contribution < 1.29 is 56.2 Å². The Morgan fingerprint density at radius 3 is 2.19 bits per heavy atom. The fourth-order valence-electron chi connectivity index (χ4n) is 3.80. The topological polar surface area (TPSA) is 46.8 Å². The van der Waals surface area contributed by atoms with Crippen molar-refractivity contribution in [3.8, 4) is 0 Å². The summed E-state index contributed by atoms with van der Waals surface area (Å²) in [6.07, 6.45) is 11.8. The summed E-state index contributed by atoms with van der Waals surface area (Å²) in [6, 6.07) is 6.14. The van der Waals surface area contributed by atoms with Gasteiger partial charge >= 0.3 is 51.4 Å². The average molecular weight is 530 g/mol. The quantitative estimate of drug-likeness (QED) is 0.190. The molecule has 4 nitrogen and oxygen atoms in total. The Labute approximate surface area is 269 Å². The van der Waals surface area contributed by atoms with Crippen molar-refractivity contribution in [2.75, 3.05) is 27.2 Å². The summed E-state index contributed by atoms with van der Waals surface area (Å²) >= 11 is 0. The van der Waals surface area contributed by atoms with E-state index in [1.54, 1.807) is 20.0 Å². The van der Waals surface area contributed by atoms with E-state index in [1.165, 1.54) is 31.5 Å². The zero-order chi connectivity index (χ0) is 27.7. The number of rotatable bonds is 10. The van der Waals surface area contributed by atoms with Crippen LogP contribution in [0.4, 0.5) is 0 Å². The standard InChI is InChI=1S/C23H25N2O.C7H17N.C2H6.K/c1-7-9-18(10-8-2)22(24-6)14-20(17(5)26)23-16(4)19-13-15(3)11-12-21(19)25-23;1-4-6-8(3)7-5-2;1-2;/h7-14H,1H2,2-6H3;4-7H2,1-3H3;1-2H3;/q-1;;;+1/b10-8-,18-9+;;;. The zero-order valence-corrected chi connectivity index (χ0v) is 28.5. The van der Waals surface area contributed by atoms with Crippen molar-refractivity contribution in [1.82, 2.24) is 9.88 Å². The van der Waals surface area contributed by atoms with E-state index < -0.39 is 0 Å². The Morgan fingerprint density at radius 2 is 1.73 bits per heavy atom. The first-order valence-electron chi connectivity index (χ1n) is 13.1. The summed E-state index contributed by atoms with van der Waals surface area (Å²) in [5.74, 6) is -0.0350. The first-order valence-corrected chi connectivity index (χ1v) is 13.1. The number of fused-ring (bicyclic) bond motifs is 1. The number of carbonyl (C=O) groups excluding carboxylic acids is 1. The molecule has 0 spiro atoms. The van der Waals surface area contributed by atoms with Crippen LogP contribution >= 0.6 is 0 Å². The summed E-state index contributed by atoms with van der Waals surface area (Å²) in [7, 11) is 3.89. The first-order chi connectivity index (χ1) is 17.2. The molecule has 0 bridgehead atoms. The summed E-state index contributed by atoms with van der Waals surface area (Å²) in [5.41, 5.74) is 5.99. The molecule has 0 saturated heterocycles. The van der Waals surface area contributed by atoms with E-state index in [9.17, 15) is 4.79 Å². The molecule has 37 heavy (non-hydrogen) atoms. The first kappa shape index (κ1) is 37.8. The molecular weight excluding hydrogens is 481 g/mol. The number of aliphatic imine (C=N–C) groups is 1. The van der Waals surface area contributed by atoms with Crippen LogP contribution in [0.3, 0.4) is 0 Å². The smallest absolute Gasteiger partial charge is 0.657 e. The second-order valence-electron chi connectivity index (χ2n) is 8.49. The second kappa shape index (κ2) is 21.6. The molecule has 198 valence electrons. The zero-order valence-electron chi connectivity index (χ0n) is 25.4. The molecule has 0 N–H and O–H groups in total. The Hall–Kier alpha value is -1.34. The van der Waals surface area contributed by atoms with E-state index in [1.807, 2.05) is 64.1 Å². The number of allylic oxidation sites excluding steroid dienone is 7. The van der Waals surface area contributed by atoms with Crippen molar-refractivity contribution >= 4 is 28.0 Å². The van der Waals surface area contributed by atoms with Gasteiger partial charge in [-0.2, -0.15) is 0 Å². The predicted molar refractivity (Wildman–Crippen MR) is 161 cm³/mol. The van der Waals surface area contributed by atoms with Gasteiger partial charge in [0.15, 0.2) is 5.78 Å². The molecule has 1 aromatic heterocycles.